The monoisotopic (exact) mass is 512 g/mol. The third-order valence-electron chi connectivity index (χ3n) is 7.24. The minimum absolute atomic E-state index is 0.0172. The molecule has 4 aromatic rings. The molecule has 2 atom stereocenters. The predicted molar refractivity (Wildman–Crippen MR) is 147 cm³/mol. The van der Waals surface area contributed by atoms with E-state index in [2.05, 4.69) is 59.0 Å². The number of pyridine rings is 3. The highest BCUT2D eigenvalue weighted by Gasteiger charge is 2.32. The molecule has 0 saturated carbocycles. The van der Waals surface area contributed by atoms with Gasteiger partial charge in [-0.3, -0.25) is 14.7 Å². The minimum atomic E-state index is -0.0945. The number of piperazine rings is 1. The molecule has 0 amide bonds. The molecule has 1 saturated heterocycles. The zero-order valence-corrected chi connectivity index (χ0v) is 22.0. The normalized spacial score (nSPS) is 17.1. The summed E-state index contributed by atoms with van der Waals surface area (Å²) in [6.45, 7) is 6.53. The van der Waals surface area contributed by atoms with E-state index in [1.807, 2.05) is 18.3 Å². The van der Waals surface area contributed by atoms with Crippen LogP contribution < -0.4 is 10.5 Å². The molecule has 1 aliphatic rings. The Morgan fingerprint density at radius 2 is 1.92 bits per heavy atom. The number of rotatable bonds is 5. The molecule has 5 rings (SSSR count). The van der Waals surface area contributed by atoms with Gasteiger partial charge in [0.2, 0.25) is 0 Å². The van der Waals surface area contributed by atoms with E-state index in [9.17, 15) is 10.1 Å². The second kappa shape index (κ2) is 10.3. The van der Waals surface area contributed by atoms with Crippen LogP contribution in [0.25, 0.3) is 11.0 Å². The van der Waals surface area contributed by atoms with Gasteiger partial charge in [0, 0.05) is 50.0 Å². The van der Waals surface area contributed by atoms with Crippen molar-refractivity contribution in [2.75, 3.05) is 24.5 Å². The predicted octanol–water partition coefficient (Wildman–Crippen LogP) is 4.72. The Labute approximate surface area is 221 Å². The SMILES string of the molecule is CCc1ccc(C(c2ccc(Cl)cc2)N2CCN(c3cc(=O)n(C)c4ccc(C#N)nc34)C(C)C2)nc1. The standard InChI is InChI=1S/C29H29ClN6O/c1-4-20-5-11-24(32-17-20)29(21-6-8-22(30)9-7-21)35-13-14-36(19(2)18-35)26-15-27(37)34(3)25-12-10-23(16-31)33-28(25)26/h5-12,15,17,19,29H,4,13-14,18H2,1-3H3. The zero-order chi connectivity index (χ0) is 26.1. The molecule has 0 radical (unpaired) electrons. The Morgan fingerprint density at radius 3 is 2.57 bits per heavy atom. The number of nitriles is 1. The Bertz CT molecular complexity index is 1520. The van der Waals surface area contributed by atoms with Gasteiger partial charge in [-0.15, -0.1) is 0 Å². The van der Waals surface area contributed by atoms with Crippen LogP contribution in [-0.4, -0.2) is 45.1 Å². The molecule has 1 fully saturated rings. The summed E-state index contributed by atoms with van der Waals surface area (Å²) in [5.74, 6) is 0. The van der Waals surface area contributed by atoms with E-state index in [1.165, 1.54) is 5.56 Å². The summed E-state index contributed by atoms with van der Waals surface area (Å²) in [6, 6.07) is 19.6. The van der Waals surface area contributed by atoms with Crippen LogP contribution in [0.3, 0.4) is 0 Å². The van der Waals surface area contributed by atoms with Crippen LogP contribution in [-0.2, 0) is 13.5 Å². The van der Waals surface area contributed by atoms with E-state index >= 15 is 0 Å². The summed E-state index contributed by atoms with van der Waals surface area (Å²) in [5, 5.41) is 10.1. The highest BCUT2D eigenvalue weighted by Crippen LogP contribution is 2.33. The summed E-state index contributed by atoms with van der Waals surface area (Å²) in [4.78, 5) is 26.9. The first kappa shape index (κ1) is 24.9. The van der Waals surface area contributed by atoms with Crippen LogP contribution in [0.1, 0.15) is 42.4 Å². The summed E-state index contributed by atoms with van der Waals surface area (Å²) >= 11 is 6.20. The van der Waals surface area contributed by atoms with Gasteiger partial charge in [-0.05, 0) is 54.8 Å². The topological polar surface area (TPSA) is 78.0 Å². The van der Waals surface area contributed by atoms with Crippen LogP contribution >= 0.6 is 11.6 Å². The van der Waals surface area contributed by atoms with Crippen molar-refractivity contribution in [2.24, 2.45) is 7.05 Å². The number of hydrogen-bond donors (Lipinski definition) is 0. The van der Waals surface area contributed by atoms with Crippen LogP contribution in [0.4, 0.5) is 5.69 Å². The number of anilines is 1. The maximum Gasteiger partial charge on any atom is 0.252 e. The van der Waals surface area contributed by atoms with Gasteiger partial charge in [-0.25, -0.2) is 4.98 Å². The van der Waals surface area contributed by atoms with Crippen molar-refractivity contribution < 1.29 is 0 Å². The van der Waals surface area contributed by atoms with E-state index in [4.69, 9.17) is 16.6 Å². The number of aromatic nitrogens is 3. The smallest absolute Gasteiger partial charge is 0.252 e. The Kier molecular flexibility index (Phi) is 6.96. The molecule has 2 unspecified atom stereocenters. The molecule has 1 aromatic carbocycles. The molecule has 0 bridgehead atoms. The van der Waals surface area contributed by atoms with Gasteiger partial charge in [0.15, 0.2) is 0 Å². The first-order valence-electron chi connectivity index (χ1n) is 12.5. The van der Waals surface area contributed by atoms with E-state index < -0.39 is 0 Å². The minimum Gasteiger partial charge on any atom is -0.364 e. The van der Waals surface area contributed by atoms with Gasteiger partial charge in [-0.1, -0.05) is 36.7 Å². The van der Waals surface area contributed by atoms with Gasteiger partial charge in [0.05, 0.1) is 22.9 Å². The average molecular weight is 513 g/mol. The van der Waals surface area contributed by atoms with Crippen LogP contribution in [0, 0.1) is 11.3 Å². The number of nitrogens with zero attached hydrogens (tertiary/aromatic N) is 6. The molecule has 7 nitrogen and oxygen atoms in total. The van der Waals surface area contributed by atoms with Gasteiger partial charge in [0.25, 0.3) is 5.56 Å². The Morgan fingerprint density at radius 1 is 1.14 bits per heavy atom. The summed E-state index contributed by atoms with van der Waals surface area (Å²) in [6.07, 6.45) is 2.91. The lowest BCUT2D eigenvalue weighted by Gasteiger charge is -2.44. The lowest BCUT2D eigenvalue weighted by Crippen LogP contribution is -2.53. The third-order valence-corrected chi connectivity index (χ3v) is 7.49. The second-order valence-corrected chi connectivity index (χ2v) is 9.98. The molecular formula is C29H29ClN6O. The maximum absolute atomic E-state index is 12.8. The molecule has 0 N–H and O–H groups in total. The lowest BCUT2D eigenvalue weighted by atomic mass is 9.98. The number of halogens is 1. The molecular weight excluding hydrogens is 484 g/mol. The lowest BCUT2D eigenvalue weighted by molar-refractivity contribution is 0.185. The Balaban J connectivity index is 1.50. The van der Waals surface area contributed by atoms with E-state index in [0.717, 1.165) is 42.0 Å². The number of benzene rings is 1. The molecule has 37 heavy (non-hydrogen) atoms. The van der Waals surface area contributed by atoms with Crippen molar-refractivity contribution in [3.8, 4) is 6.07 Å². The molecule has 3 aromatic heterocycles. The summed E-state index contributed by atoms with van der Waals surface area (Å²) < 4.78 is 1.58. The average Bonchev–Trinajstić information content (AvgIpc) is 2.92. The molecule has 1 aliphatic heterocycles. The van der Waals surface area contributed by atoms with E-state index in [0.29, 0.717) is 22.8 Å². The highest BCUT2D eigenvalue weighted by molar-refractivity contribution is 6.30. The maximum atomic E-state index is 12.8. The highest BCUT2D eigenvalue weighted by atomic mass is 35.5. The van der Waals surface area contributed by atoms with E-state index in [-0.39, 0.29) is 17.6 Å². The van der Waals surface area contributed by atoms with Crippen molar-refractivity contribution in [1.29, 1.82) is 5.26 Å². The van der Waals surface area contributed by atoms with Crippen LogP contribution in [0.15, 0.2) is 65.6 Å². The third kappa shape index (κ3) is 4.83. The van der Waals surface area contributed by atoms with Crippen molar-refractivity contribution in [3.05, 3.63) is 98.7 Å². The quantitative estimate of drug-likeness (QED) is 0.385. The molecule has 0 aliphatic carbocycles. The molecule has 188 valence electrons. The van der Waals surface area contributed by atoms with E-state index in [1.54, 1.807) is 29.8 Å². The van der Waals surface area contributed by atoms with Gasteiger partial charge in [-0.2, -0.15) is 5.26 Å². The summed E-state index contributed by atoms with van der Waals surface area (Å²) in [5.41, 5.74) is 5.75. The van der Waals surface area contributed by atoms with Crippen LogP contribution in [0.2, 0.25) is 5.02 Å². The summed E-state index contributed by atoms with van der Waals surface area (Å²) in [7, 11) is 1.73. The molecule has 8 heteroatoms. The zero-order valence-electron chi connectivity index (χ0n) is 21.2. The molecule has 0 spiro atoms. The van der Waals surface area contributed by atoms with Crippen molar-refractivity contribution in [2.45, 2.75) is 32.4 Å². The van der Waals surface area contributed by atoms with Gasteiger partial charge in [0.1, 0.15) is 17.3 Å². The van der Waals surface area contributed by atoms with Crippen molar-refractivity contribution >= 4 is 28.3 Å². The first-order valence-corrected chi connectivity index (χ1v) is 12.9. The molecule has 4 heterocycles. The van der Waals surface area contributed by atoms with Crippen LogP contribution in [0.5, 0.6) is 0 Å². The largest absolute Gasteiger partial charge is 0.364 e. The fourth-order valence-electron chi connectivity index (χ4n) is 5.19. The second-order valence-electron chi connectivity index (χ2n) is 9.54. The first-order chi connectivity index (χ1) is 17.9. The fourth-order valence-corrected chi connectivity index (χ4v) is 5.32. The fraction of sp³-hybridized carbons (Fsp3) is 0.310. The van der Waals surface area contributed by atoms with Crippen molar-refractivity contribution in [1.82, 2.24) is 19.4 Å². The Hall–Kier alpha value is -3.73. The number of aryl methyl sites for hydroxylation is 2. The number of fused-ring (bicyclic) bond motifs is 1. The number of hydrogen-bond acceptors (Lipinski definition) is 6. The van der Waals surface area contributed by atoms with Gasteiger partial charge < -0.3 is 9.47 Å². The van der Waals surface area contributed by atoms with Gasteiger partial charge >= 0.3 is 0 Å². The van der Waals surface area contributed by atoms with Crippen molar-refractivity contribution in [3.63, 3.8) is 0 Å².